The van der Waals surface area contributed by atoms with E-state index >= 15 is 0 Å². The Labute approximate surface area is 119 Å². The van der Waals surface area contributed by atoms with Crippen LogP contribution in [-0.4, -0.2) is 78.9 Å². The molecule has 0 saturated carbocycles. The van der Waals surface area contributed by atoms with Crippen LogP contribution in [0.2, 0.25) is 0 Å². The summed E-state index contributed by atoms with van der Waals surface area (Å²) in [7, 11) is 0. The Balaban J connectivity index is 2.62. The molecule has 1 aromatic heterocycles. The normalized spacial score (nSPS) is 18.4. The Bertz CT molecular complexity index is 442. The minimum absolute atomic E-state index is 0.00850. The number of esters is 1. The third kappa shape index (κ3) is 4.70. The second kappa shape index (κ2) is 7.98. The topological polar surface area (TPSA) is 161 Å². The average molecular weight is 303 g/mol. The fourth-order valence-corrected chi connectivity index (χ4v) is 1.44. The van der Waals surface area contributed by atoms with E-state index in [1.165, 1.54) is 24.5 Å². The van der Waals surface area contributed by atoms with Crippen molar-refractivity contribution in [3.8, 4) is 0 Å². The molecule has 9 nitrogen and oxygen atoms in total. The van der Waals surface area contributed by atoms with Gasteiger partial charge in [0.15, 0.2) is 0 Å². The first-order valence-corrected chi connectivity index (χ1v) is 6.00. The van der Waals surface area contributed by atoms with Crippen LogP contribution in [-0.2, 0) is 4.74 Å². The van der Waals surface area contributed by atoms with Gasteiger partial charge in [-0.1, -0.05) is 0 Å². The summed E-state index contributed by atoms with van der Waals surface area (Å²) in [6.45, 7) is -0.865. The number of aliphatic hydroxyl groups is 6. The van der Waals surface area contributed by atoms with Crippen LogP contribution in [0.25, 0.3) is 0 Å². The number of pyridine rings is 1. The van der Waals surface area contributed by atoms with Gasteiger partial charge in [0.2, 0.25) is 6.29 Å². The van der Waals surface area contributed by atoms with Gasteiger partial charge in [-0.25, -0.2) is 4.79 Å². The van der Waals surface area contributed by atoms with Crippen molar-refractivity contribution in [3.63, 3.8) is 0 Å². The average Bonchev–Trinajstić information content (AvgIpc) is 2.52. The van der Waals surface area contributed by atoms with Gasteiger partial charge < -0.3 is 35.4 Å². The molecular weight excluding hydrogens is 286 g/mol. The number of hydrogen-bond donors (Lipinski definition) is 6. The van der Waals surface area contributed by atoms with E-state index in [9.17, 15) is 25.2 Å². The molecule has 0 aliphatic rings. The number of rotatable bonds is 7. The Morgan fingerprint density at radius 3 is 2.33 bits per heavy atom. The van der Waals surface area contributed by atoms with E-state index in [-0.39, 0.29) is 5.56 Å². The van der Waals surface area contributed by atoms with Crippen molar-refractivity contribution in [2.24, 2.45) is 0 Å². The highest BCUT2D eigenvalue weighted by Crippen LogP contribution is 2.11. The molecule has 1 heterocycles. The van der Waals surface area contributed by atoms with Crippen LogP contribution in [0, 0.1) is 0 Å². The molecule has 21 heavy (non-hydrogen) atoms. The van der Waals surface area contributed by atoms with Crippen molar-refractivity contribution in [2.45, 2.75) is 30.7 Å². The molecule has 0 spiro atoms. The number of hydrogen-bond acceptors (Lipinski definition) is 9. The number of aromatic nitrogens is 1. The first kappa shape index (κ1) is 17.4. The number of carbonyl (C=O) groups excluding carboxylic acids is 1. The number of nitrogens with zero attached hydrogens (tertiary/aromatic N) is 1. The number of aliphatic hydroxyl groups excluding tert-OH is 6. The fourth-order valence-electron chi connectivity index (χ4n) is 1.44. The lowest BCUT2D eigenvalue weighted by Gasteiger charge is -2.27. The van der Waals surface area contributed by atoms with Gasteiger partial charge in [-0.3, -0.25) is 4.98 Å². The van der Waals surface area contributed by atoms with Crippen molar-refractivity contribution in [2.75, 3.05) is 6.61 Å². The fraction of sp³-hybridized carbons (Fsp3) is 0.500. The van der Waals surface area contributed by atoms with E-state index in [0.717, 1.165) is 0 Å². The standard InChI is InChI=1S/C12H17NO8/c14-5-7(15)8(16)9(17)10(18)12(20)21-11(19)6-2-1-3-13-4-6/h1-4,7-10,12,14-18,20H,5H2/t7-,8-,9+,10+,12?/m1/s1. The van der Waals surface area contributed by atoms with Crippen LogP contribution < -0.4 is 0 Å². The molecule has 9 heteroatoms. The molecule has 5 atom stereocenters. The van der Waals surface area contributed by atoms with Crippen molar-refractivity contribution >= 4 is 5.97 Å². The van der Waals surface area contributed by atoms with Crippen LogP contribution in [0.4, 0.5) is 0 Å². The second-order valence-corrected chi connectivity index (χ2v) is 4.26. The molecule has 0 saturated heterocycles. The summed E-state index contributed by atoms with van der Waals surface area (Å²) in [6, 6.07) is 2.81. The molecule has 1 aromatic rings. The predicted octanol–water partition coefficient (Wildman–Crippen LogP) is -3.01. The SMILES string of the molecule is O=C(OC(O)[C@@H](O)[C@@H](O)[C@H](O)[C@H](O)CO)c1cccnc1. The highest BCUT2D eigenvalue weighted by atomic mass is 16.6. The van der Waals surface area contributed by atoms with Crippen molar-refractivity contribution in [3.05, 3.63) is 30.1 Å². The van der Waals surface area contributed by atoms with Gasteiger partial charge in [0, 0.05) is 12.4 Å². The van der Waals surface area contributed by atoms with Crippen LogP contribution in [0.5, 0.6) is 0 Å². The van der Waals surface area contributed by atoms with E-state index in [4.69, 9.17) is 10.2 Å². The molecule has 0 amide bonds. The number of carbonyl (C=O) groups is 1. The van der Waals surface area contributed by atoms with Gasteiger partial charge >= 0.3 is 5.97 Å². The molecule has 118 valence electrons. The van der Waals surface area contributed by atoms with Gasteiger partial charge in [0.1, 0.15) is 24.4 Å². The Morgan fingerprint density at radius 2 is 1.81 bits per heavy atom. The van der Waals surface area contributed by atoms with Crippen LogP contribution >= 0.6 is 0 Å². The first-order chi connectivity index (χ1) is 9.88. The lowest BCUT2D eigenvalue weighted by molar-refractivity contribution is -0.191. The zero-order valence-corrected chi connectivity index (χ0v) is 10.9. The van der Waals surface area contributed by atoms with E-state index in [1.807, 2.05) is 0 Å². The smallest absolute Gasteiger partial charge is 0.342 e. The highest BCUT2D eigenvalue weighted by molar-refractivity contribution is 5.88. The first-order valence-electron chi connectivity index (χ1n) is 6.00. The largest absolute Gasteiger partial charge is 0.429 e. The molecule has 0 fully saturated rings. The summed E-state index contributed by atoms with van der Waals surface area (Å²) < 4.78 is 4.49. The molecule has 1 rings (SSSR count). The zero-order valence-electron chi connectivity index (χ0n) is 10.9. The van der Waals surface area contributed by atoms with Crippen molar-refractivity contribution in [1.82, 2.24) is 4.98 Å². The molecular formula is C12H17NO8. The molecule has 6 N–H and O–H groups in total. The lowest BCUT2D eigenvalue weighted by Crippen LogP contribution is -2.50. The van der Waals surface area contributed by atoms with Crippen molar-refractivity contribution < 1.29 is 40.2 Å². The van der Waals surface area contributed by atoms with Gasteiger partial charge in [-0.15, -0.1) is 0 Å². The van der Waals surface area contributed by atoms with Gasteiger partial charge in [-0.05, 0) is 12.1 Å². The van der Waals surface area contributed by atoms with E-state index < -0.39 is 43.3 Å². The second-order valence-electron chi connectivity index (χ2n) is 4.26. The summed E-state index contributed by atoms with van der Waals surface area (Å²) in [4.78, 5) is 15.2. The summed E-state index contributed by atoms with van der Waals surface area (Å²) in [5, 5.41) is 55.7. The van der Waals surface area contributed by atoms with Crippen molar-refractivity contribution in [1.29, 1.82) is 0 Å². The maximum Gasteiger partial charge on any atom is 0.342 e. The van der Waals surface area contributed by atoms with Crippen LogP contribution in [0.15, 0.2) is 24.5 Å². The molecule has 0 aliphatic heterocycles. The highest BCUT2D eigenvalue weighted by Gasteiger charge is 2.35. The zero-order chi connectivity index (χ0) is 16.0. The minimum Gasteiger partial charge on any atom is -0.429 e. The summed E-state index contributed by atoms with van der Waals surface area (Å²) >= 11 is 0. The van der Waals surface area contributed by atoms with E-state index in [2.05, 4.69) is 9.72 Å². The Hall–Kier alpha value is -1.62. The third-order valence-corrected chi connectivity index (χ3v) is 2.70. The van der Waals surface area contributed by atoms with Gasteiger partial charge in [-0.2, -0.15) is 0 Å². The maximum absolute atomic E-state index is 11.6. The molecule has 0 radical (unpaired) electrons. The van der Waals surface area contributed by atoms with Crippen LogP contribution in [0.3, 0.4) is 0 Å². The molecule has 1 unspecified atom stereocenters. The van der Waals surface area contributed by atoms with Gasteiger partial charge in [0.25, 0.3) is 0 Å². The van der Waals surface area contributed by atoms with Gasteiger partial charge in [0.05, 0.1) is 12.2 Å². The predicted molar refractivity (Wildman–Crippen MR) is 66.8 cm³/mol. The summed E-state index contributed by atoms with van der Waals surface area (Å²) in [6.07, 6.45) is -7.34. The maximum atomic E-state index is 11.6. The number of ether oxygens (including phenoxy) is 1. The minimum atomic E-state index is -2.15. The molecule has 0 bridgehead atoms. The monoisotopic (exact) mass is 303 g/mol. The third-order valence-electron chi connectivity index (χ3n) is 2.70. The van der Waals surface area contributed by atoms with E-state index in [0.29, 0.717) is 0 Å². The quantitative estimate of drug-likeness (QED) is 0.228. The lowest BCUT2D eigenvalue weighted by atomic mass is 10.0. The summed E-state index contributed by atoms with van der Waals surface area (Å²) in [5.74, 6) is -1.00. The van der Waals surface area contributed by atoms with Crippen LogP contribution in [0.1, 0.15) is 10.4 Å². The molecule has 0 aromatic carbocycles. The van der Waals surface area contributed by atoms with E-state index in [1.54, 1.807) is 0 Å². The Morgan fingerprint density at radius 1 is 1.14 bits per heavy atom. The summed E-state index contributed by atoms with van der Waals surface area (Å²) in [5.41, 5.74) is 0.00850. The Kier molecular flexibility index (Phi) is 6.62. The molecule has 0 aliphatic carbocycles.